The first-order chi connectivity index (χ1) is 4.83. The maximum atomic E-state index is 4.09. The van der Waals surface area contributed by atoms with Crippen molar-refractivity contribution < 1.29 is 0 Å². The second kappa shape index (κ2) is 3.25. The van der Waals surface area contributed by atoms with Crippen molar-refractivity contribution in [1.82, 2.24) is 9.97 Å². The summed E-state index contributed by atoms with van der Waals surface area (Å²) in [5.41, 5.74) is 1.10. The quantitative estimate of drug-likeness (QED) is 0.666. The molecule has 0 aromatic carbocycles. The van der Waals surface area contributed by atoms with Gasteiger partial charge in [0.15, 0.2) is 5.95 Å². The minimum Gasteiger partial charge on any atom is -0.356 e. The molecule has 0 fully saturated rings. The van der Waals surface area contributed by atoms with Crippen molar-refractivity contribution in [2.24, 2.45) is 0 Å². The topological polar surface area (TPSA) is 40.7 Å². The fourth-order valence-corrected chi connectivity index (χ4v) is 0.746. The Labute approximate surface area is 60.9 Å². The van der Waals surface area contributed by atoms with E-state index in [4.69, 9.17) is 0 Å². The van der Waals surface area contributed by atoms with Gasteiger partial charge in [-0.05, 0) is 13.3 Å². The average molecular weight is 139 g/mol. The highest BCUT2D eigenvalue weighted by Crippen LogP contribution is 1.99. The maximum Gasteiger partial charge on any atom is 0.200 e. The number of nitrogens with one attached hydrogen (secondary N) is 2. The largest absolute Gasteiger partial charge is 0.356 e. The number of rotatable bonds is 3. The third-order valence-corrected chi connectivity index (χ3v) is 1.25. The Morgan fingerprint density at radius 3 is 3.00 bits per heavy atom. The molecular weight excluding hydrogens is 126 g/mol. The molecule has 3 heteroatoms. The molecule has 0 saturated heterocycles. The van der Waals surface area contributed by atoms with E-state index in [0.29, 0.717) is 0 Å². The molecule has 0 aliphatic carbocycles. The van der Waals surface area contributed by atoms with Crippen LogP contribution in [-0.2, 0) is 0 Å². The molecule has 1 aromatic rings. The van der Waals surface area contributed by atoms with Gasteiger partial charge in [-0.2, -0.15) is 0 Å². The van der Waals surface area contributed by atoms with Crippen LogP contribution in [0.2, 0.25) is 0 Å². The Bertz CT molecular complexity index is 192. The van der Waals surface area contributed by atoms with Crippen LogP contribution < -0.4 is 5.32 Å². The molecule has 56 valence electrons. The van der Waals surface area contributed by atoms with E-state index < -0.39 is 0 Å². The molecule has 0 aliphatic rings. The predicted octanol–water partition coefficient (Wildman–Crippen LogP) is 1.54. The summed E-state index contributed by atoms with van der Waals surface area (Å²) in [4.78, 5) is 7.18. The highest BCUT2D eigenvalue weighted by molar-refractivity contribution is 5.25. The zero-order chi connectivity index (χ0) is 7.40. The smallest absolute Gasteiger partial charge is 0.200 e. The van der Waals surface area contributed by atoms with Gasteiger partial charge in [-0.3, -0.25) is 0 Å². The SMILES string of the molecule is CCCNc1ncc(C)[nH]1. The highest BCUT2D eigenvalue weighted by atomic mass is 15.1. The van der Waals surface area contributed by atoms with E-state index in [1.807, 2.05) is 13.1 Å². The Hall–Kier alpha value is -0.990. The number of nitrogens with zero attached hydrogens (tertiary/aromatic N) is 1. The van der Waals surface area contributed by atoms with Crippen LogP contribution in [-0.4, -0.2) is 16.5 Å². The molecule has 0 bridgehead atoms. The van der Waals surface area contributed by atoms with E-state index in [-0.39, 0.29) is 0 Å². The molecule has 1 aromatic heterocycles. The van der Waals surface area contributed by atoms with Crippen molar-refractivity contribution in [3.8, 4) is 0 Å². The van der Waals surface area contributed by atoms with Gasteiger partial charge in [0.2, 0.25) is 0 Å². The molecule has 2 N–H and O–H groups in total. The van der Waals surface area contributed by atoms with Crippen molar-refractivity contribution in [3.63, 3.8) is 0 Å². The van der Waals surface area contributed by atoms with E-state index in [1.54, 1.807) is 0 Å². The Kier molecular flexibility index (Phi) is 2.31. The number of H-pyrrole nitrogens is 1. The minimum absolute atomic E-state index is 0.874. The predicted molar refractivity (Wildman–Crippen MR) is 42.1 cm³/mol. The average Bonchev–Trinajstić information content (AvgIpc) is 2.31. The first-order valence-corrected chi connectivity index (χ1v) is 3.58. The van der Waals surface area contributed by atoms with Crippen molar-refractivity contribution in [2.75, 3.05) is 11.9 Å². The van der Waals surface area contributed by atoms with E-state index >= 15 is 0 Å². The summed E-state index contributed by atoms with van der Waals surface area (Å²) < 4.78 is 0. The fourth-order valence-electron chi connectivity index (χ4n) is 0.746. The molecule has 10 heavy (non-hydrogen) atoms. The van der Waals surface area contributed by atoms with E-state index in [0.717, 1.165) is 24.6 Å². The summed E-state index contributed by atoms with van der Waals surface area (Å²) in [6.45, 7) is 5.10. The third-order valence-electron chi connectivity index (χ3n) is 1.25. The van der Waals surface area contributed by atoms with Gasteiger partial charge >= 0.3 is 0 Å². The molecular formula is C7H13N3. The van der Waals surface area contributed by atoms with Crippen LogP contribution in [0.25, 0.3) is 0 Å². The van der Waals surface area contributed by atoms with Crippen molar-refractivity contribution in [3.05, 3.63) is 11.9 Å². The summed E-state index contributed by atoms with van der Waals surface area (Å²) in [6, 6.07) is 0. The number of aryl methyl sites for hydroxylation is 1. The van der Waals surface area contributed by atoms with Gasteiger partial charge in [0, 0.05) is 18.4 Å². The molecule has 1 rings (SSSR count). The highest BCUT2D eigenvalue weighted by Gasteiger charge is 1.92. The number of hydrogen-bond donors (Lipinski definition) is 2. The van der Waals surface area contributed by atoms with Crippen molar-refractivity contribution >= 4 is 5.95 Å². The first kappa shape index (κ1) is 7.12. The first-order valence-electron chi connectivity index (χ1n) is 3.58. The van der Waals surface area contributed by atoms with E-state index in [1.165, 1.54) is 0 Å². The molecule has 0 saturated carbocycles. The Morgan fingerprint density at radius 1 is 1.70 bits per heavy atom. The lowest BCUT2D eigenvalue weighted by Crippen LogP contribution is -2.00. The van der Waals surface area contributed by atoms with Crippen LogP contribution in [0.3, 0.4) is 0 Å². The van der Waals surface area contributed by atoms with Crippen LogP contribution in [0.15, 0.2) is 6.20 Å². The molecule has 0 radical (unpaired) electrons. The number of aromatic amines is 1. The van der Waals surface area contributed by atoms with Crippen molar-refractivity contribution in [1.29, 1.82) is 0 Å². The molecule has 0 atom stereocenters. The van der Waals surface area contributed by atoms with Gasteiger partial charge in [0.05, 0.1) is 0 Å². The zero-order valence-electron chi connectivity index (χ0n) is 6.44. The summed E-state index contributed by atoms with van der Waals surface area (Å²) in [5.74, 6) is 0.874. The summed E-state index contributed by atoms with van der Waals surface area (Å²) >= 11 is 0. The van der Waals surface area contributed by atoms with Gasteiger partial charge in [-0.25, -0.2) is 4.98 Å². The second-order valence-electron chi connectivity index (χ2n) is 2.34. The summed E-state index contributed by atoms with van der Waals surface area (Å²) in [6.07, 6.45) is 2.94. The fraction of sp³-hybridized carbons (Fsp3) is 0.571. The van der Waals surface area contributed by atoms with Crippen LogP contribution in [0, 0.1) is 6.92 Å². The normalized spacial score (nSPS) is 9.80. The lowest BCUT2D eigenvalue weighted by atomic mass is 10.5. The summed E-state index contributed by atoms with van der Waals surface area (Å²) in [7, 11) is 0. The number of aromatic nitrogens is 2. The van der Waals surface area contributed by atoms with Gasteiger partial charge in [0.25, 0.3) is 0 Å². The summed E-state index contributed by atoms with van der Waals surface area (Å²) in [5, 5.41) is 3.15. The van der Waals surface area contributed by atoms with E-state index in [2.05, 4.69) is 22.2 Å². The number of hydrogen-bond acceptors (Lipinski definition) is 2. The van der Waals surface area contributed by atoms with Gasteiger partial charge < -0.3 is 10.3 Å². The van der Waals surface area contributed by atoms with Crippen LogP contribution in [0.5, 0.6) is 0 Å². The Morgan fingerprint density at radius 2 is 2.50 bits per heavy atom. The van der Waals surface area contributed by atoms with Gasteiger partial charge in [-0.15, -0.1) is 0 Å². The zero-order valence-corrected chi connectivity index (χ0v) is 6.44. The molecule has 0 aliphatic heterocycles. The monoisotopic (exact) mass is 139 g/mol. The molecule has 0 spiro atoms. The minimum atomic E-state index is 0.874. The van der Waals surface area contributed by atoms with Crippen LogP contribution in [0.1, 0.15) is 19.0 Å². The number of anilines is 1. The van der Waals surface area contributed by atoms with E-state index in [9.17, 15) is 0 Å². The lowest BCUT2D eigenvalue weighted by molar-refractivity contribution is 0.961. The lowest BCUT2D eigenvalue weighted by Gasteiger charge is -1.96. The maximum absolute atomic E-state index is 4.09. The molecule has 0 amide bonds. The van der Waals surface area contributed by atoms with Crippen LogP contribution in [0.4, 0.5) is 5.95 Å². The standard InChI is InChI=1S/C7H13N3/c1-3-4-8-7-9-5-6(2)10-7/h5H,3-4H2,1-2H3,(H2,8,9,10). The van der Waals surface area contributed by atoms with Gasteiger partial charge in [0.1, 0.15) is 0 Å². The third kappa shape index (κ3) is 1.76. The number of imidazole rings is 1. The second-order valence-corrected chi connectivity index (χ2v) is 2.34. The van der Waals surface area contributed by atoms with Crippen LogP contribution >= 0.6 is 0 Å². The molecule has 1 heterocycles. The molecule has 3 nitrogen and oxygen atoms in total. The molecule has 0 unspecified atom stereocenters. The Balaban J connectivity index is 2.42. The van der Waals surface area contributed by atoms with Gasteiger partial charge in [-0.1, -0.05) is 6.92 Å². The van der Waals surface area contributed by atoms with Crippen molar-refractivity contribution in [2.45, 2.75) is 20.3 Å².